The number of aromatic amines is 1. The minimum Gasteiger partial charge on any atom is -0.733 e. The van der Waals surface area contributed by atoms with E-state index in [1.807, 2.05) is 30.3 Å². The van der Waals surface area contributed by atoms with E-state index in [4.69, 9.17) is 14.7 Å². The van der Waals surface area contributed by atoms with Crippen LogP contribution in [0.15, 0.2) is 79.1 Å². The number of fused-ring (bicyclic) bond motifs is 3. The second-order valence-electron chi connectivity index (χ2n) is 9.38. The second kappa shape index (κ2) is 10.2. The number of rotatable bonds is 8. The first-order valence-corrected chi connectivity index (χ1v) is 12.5. The van der Waals surface area contributed by atoms with Gasteiger partial charge in [-0.15, -0.1) is 0 Å². The predicted molar refractivity (Wildman–Crippen MR) is 145 cm³/mol. The minimum atomic E-state index is -0.196. The lowest BCUT2D eigenvalue weighted by Crippen LogP contribution is -2.30. The largest absolute Gasteiger partial charge is 0.733 e. The van der Waals surface area contributed by atoms with E-state index in [-0.39, 0.29) is 17.0 Å². The molecule has 3 N–H and O–H groups in total. The molecule has 0 aliphatic carbocycles. The standard InChI is InChI=1S/C29H28N5O4/c1-37-27-10-7-20(13-21(27)16-33-17-22(15-31-33)34(35)36)28-29-24(11-12-30-28)25-14-23(8-9-26(25)32-29)38-18-19-5-3-2-4-6-19/h2-10,13-15,17,28,30,32,35H,11-12,16,18H2,1H3/q-1. The van der Waals surface area contributed by atoms with Crippen LogP contribution in [0.1, 0.15) is 34.0 Å². The smallest absolute Gasteiger partial charge is 0.123 e. The topological polar surface area (TPSA) is 111 Å². The summed E-state index contributed by atoms with van der Waals surface area (Å²) in [5, 5.41) is 29.2. The van der Waals surface area contributed by atoms with E-state index < -0.39 is 0 Å². The molecular weight excluding hydrogens is 482 g/mol. The molecule has 0 fully saturated rings. The van der Waals surface area contributed by atoms with E-state index in [1.54, 1.807) is 11.8 Å². The summed E-state index contributed by atoms with van der Waals surface area (Å²) in [5.41, 5.74) is 6.73. The fourth-order valence-corrected chi connectivity index (χ4v) is 5.14. The van der Waals surface area contributed by atoms with Gasteiger partial charge in [-0.25, -0.2) is 0 Å². The van der Waals surface area contributed by atoms with Crippen LogP contribution < -0.4 is 20.0 Å². The fourth-order valence-electron chi connectivity index (χ4n) is 5.14. The molecule has 3 aromatic carbocycles. The Kier molecular flexibility index (Phi) is 6.47. The molecule has 9 heteroatoms. The van der Waals surface area contributed by atoms with Crippen molar-refractivity contribution in [2.75, 3.05) is 18.9 Å². The second-order valence-corrected chi connectivity index (χ2v) is 9.38. The highest BCUT2D eigenvalue weighted by Gasteiger charge is 2.26. The number of aromatic nitrogens is 3. The summed E-state index contributed by atoms with van der Waals surface area (Å²) in [7, 11) is 1.63. The van der Waals surface area contributed by atoms with Crippen molar-refractivity contribution in [3.63, 3.8) is 0 Å². The minimum absolute atomic E-state index is 0.0211. The number of ether oxygens (including phenoxy) is 2. The number of methoxy groups -OCH3 is 1. The zero-order valence-electron chi connectivity index (χ0n) is 20.9. The van der Waals surface area contributed by atoms with E-state index in [2.05, 4.69) is 51.8 Å². The van der Waals surface area contributed by atoms with Gasteiger partial charge in [0, 0.05) is 28.7 Å². The molecule has 0 radical (unpaired) electrons. The number of H-pyrrole nitrogens is 1. The van der Waals surface area contributed by atoms with Gasteiger partial charge in [-0.2, -0.15) is 5.10 Å². The van der Waals surface area contributed by atoms with Gasteiger partial charge in [-0.1, -0.05) is 36.4 Å². The molecule has 0 bridgehead atoms. The molecule has 0 amide bonds. The van der Waals surface area contributed by atoms with Crippen LogP contribution >= 0.6 is 0 Å². The average Bonchev–Trinajstić information content (AvgIpc) is 3.57. The predicted octanol–water partition coefficient (Wildman–Crippen LogP) is 4.93. The molecule has 5 aromatic rings. The van der Waals surface area contributed by atoms with Crippen molar-refractivity contribution < 1.29 is 14.7 Å². The lowest BCUT2D eigenvalue weighted by atomic mass is 9.93. The van der Waals surface area contributed by atoms with Gasteiger partial charge < -0.3 is 30.2 Å². The van der Waals surface area contributed by atoms with Crippen molar-refractivity contribution in [1.82, 2.24) is 20.1 Å². The summed E-state index contributed by atoms with van der Waals surface area (Å²) in [6.07, 6.45) is 3.73. The van der Waals surface area contributed by atoms with E-state index in [0.29, 0.717) is 13.2 Å². The molecule has 2 aromatic heterocycles. The summed E-state index contributed by atoms with van der Waals surface area (Å²) >= 11 is 0. The van der Waals surface area contributed by atoms with Gasteiger partial charge in [0.05, 0.1) is 37.8 Å². The molecular formula is C29H28N5O4-. The number of hydrogen-bond acceptors (Lipinski definition) is 7. The van der Waals surface area contributed by atoms with Crippen molar-refractivity contribution in [3.05, 3.63) is 112 Å². The first-order valence-electron chi connectivity index (χ1n) is 12.5. The molecule has 1 unspecified atom stereocenters. The van der Waals surface area contributed by atoms with E-state index >= 15 is 0 Å². The van der Waals surface area contributed by atoms with Gasteiger partial charge in [0.2, 0.25) is 0 Å². The Morgan fingerprint density at radius 3 is 2.79 bits per heavy atom. The van der Waals surface area contributed by atoms with Crippen molar-refractivity contribution >= 4 is 16.6 Å². The van der Waals surface area contributed by atoms with E-state index in [0.717, 1.165) is 52.4 Å². The third kappa shape index (κ3) is 4.70. The van der Waals surface area contributed by atoms with Crippen LogP contribution in [0, 0.1) is 5.21 Å². The number of hydrogen-bond donors (Lipinski definition) is 3. The molecule has 0 saturated carbocycles. The van der Waals surface area contributed by atoms with Crippen LogP contribution in [0.25, 0.3) is 10.9 Å². The van der Waals surface area contributed by atoms with E-state index in [9.17, 15) is 5.21 Å². The van der Waals surface area contributed by atoms with Crippen LogP contribution in [0.3, 0.4) is 0 Å². The summed E-state index contributed by atoms with van der Waals surface area (Å²) in [6.45, 7) is 1.76. The maximum atomic E-state index is 11.2. The van der Waals surface area contributed by atoms with Gasteiger partial charge in [-0.3, -0.25) is 9.89 Å². The van der Waals surface area contributed by atoms with Crippen molar-refractivity contribution in [2.24, 2.45) is 0 Å². The monoisotopic (exact) mass is 510 g/mol. The Balaban J connectivity index is 1.29. The van der Waals surface area contributed by atoms with Gasteiger partial charge in [0.1, 0.15) is 18.1 Å². The first kappa shape index (κ1) is 24.1. The Bertz CT molecular complexity index is 1560. The Hall–Kier alpha value is -4.31. The Labute approximate surface area is 219 Å². The molecule has 38 heavy (non-hydrogen) atoms. The highest BCUT2D eigenvalue weighted by Crippen LogP contribution is 2.36. The van der Waals surface area contributed by atoms with Crippen LogP contribution in [0.2, 0.25) is 0 Å². The zero-order chi connectivity index (χ0) is 26.1. The number of nitrogens with one attached hydrogen (secondary N) is 2. The Morgan fingerprint density at radius 1 is 1.13 bits per heavy atom. The molecule has 0 saturated heterocycles. The van der Waals surface area contributed by atoms with Crippen molar-refractivity contribution in [2.45, 2.75) is 25.6 Å². The van der Waals surface area contributed by atoms with Crippen LogP contribution in [0.4, 0.5) is 5.69 Å². The maximum Gasteiger partial charge on any atom is 0.123 e. The number of anilines is 1. The summed E-state index contributed by atoms with van der Waals surface area (Å²) < 4.78 is 13.3. The number of benzene rings is 3. The number of nitrogens with zero attached hydrogens (tertiary/aromatic N) is 3. The first-order chi connectivity index (χ1) is 18.6. The summed E-state index contributed by atoms with van der Waals surface area (Å²) in [4.78, 5) is 3.64. The third-order valence-electron chi connectivity index (χ3n) is 6.98. The molecule has 1 aliphatic rings. The maximum absolute atomic E-state index is 11.2. The highest BCUT2D eigenvalue weighted by molar-refractivity contribution is 5.86. The zero-order valence-corrected chi connectivity index (χ0v) is 20.9. The van der Waals surface area contributed by atoms with Crippen molar-refractivity contribution in [1.29, 1.82) is 0 Å². The molecule has 3 heterocycles. The normalized spacial score (nSPS) is 14.9. The molecule has 9 nitrogen and oxygen atoms in total. The molecule has 1 atom stereocenters. The quantitative estimate of drug-likeness (QED) is 0.254. The highest BCUT2D eigenvalue weighted by atomic mass is 16.8. The van der Waals surface area contributed by atoms with Crippen LogP contribution in [-0.4, -0.2) is 33.6 Å². The van der Waals surface area contributed by atoms with Gasteiger partial charge in [-0.05, 0) is 53.4 Å². The van der Waals surface area contributed by atoms with Crippen LogP contribution in [-0.2, 0) is 19.6 Å². The van der Waals surface area contributed by atoms with Crippen LogP contribution in [0.5, 0.6) is 11.5 Å². The van der Waals surface area contributed by atoms with Crippen molar-refractivity contribution in [3.8, 4) is 11.5 Å². The van der Waals surface area contributed by atoms with Gasteiger partial charge >= 0.3 is 0 Å². The lowest BCUT2D eigenvalue weighted by molar-refractivity contribution is 0.296. The third-order valence-corrected chi connectivity index (χ3v) is 6.98. The average molecular weight is 511 g/mol. The summed E-state index contributed by atoms with van der Waals surface area (Å²) in [5.74, 6) is 1.57. The molecule has 0 spiro atoms. The lowest BCUT2D eigenvalue weighted by Gasteiger charge is -2.25. The van der Waals surface area contributed by atoms with E-state index in [1.165, 1.54) is 23.3 Å². The fraction of sp³-hybridized carbons (Fsp3) is 0.207. The van der Waals surface area contributed by atoms with Gasteiger partial charge in [0.15, 0.2) is 0 Å². The molecule has 194 valence electrons. The van der Waals surface area contributed by atoms with Gasteiger partial charge in [0.25, 0.3) is 0 Å². The Morgan fingerprint density at radius 2 is 2.00 bits per heavy atom. The SMILES string of the molecule is COc1ccc(C2NCCc3c2[nH]c2ccc(OCc4ccccc4)cc32)cc1Cn1cc(N([O-])O)cn1. The summed E-state index contributed by atoms with van der Waals surface area (Å²) in [6, 6.07) is 22.5. The molecule has 1 aliphatic heterocycles. The molecule has 6 rings (SSSR count).